The molecule has 8 rings (SSSR count). The van der Waals surface area contributed by atoms with Gasteiger partial charge in [-0.25, -0.2) is 4.98 Å². The predicted molar refractivity (Wildman–Crippen MR) is 193 cm³/mol. The van der Waals surface area contributed by atoms with Crippen molar-refractivity contribution in [1.82, 2.24) is 9.88 Å². The topological polar surface area (TPSA) is 130 Å². The lowest BCUT2D eigenvalue weighted by molar-refractivity contribution is -0.138. The van der Waals surface area contributed by atoms with Gasteiger partial charge in [0.05, 0.1) is 33.7 Å². The van der Waals surface area contributed by atoms with Crippen molar-refractivity contribution in [2.45, 2.75) is 28.5 Å². The molecule has 0 unspecified atom stereocenters. The number of benzene rings is 3. The third-order valence-electron chi connectivity index (χ3n) is 10.3. The highest BCUT2D eigenvalue weighted by Crippen LogP contribution is 2.66. The van der Waals surface area contributed by atoms with Gasteiger partial charge in [0.15, 0.2) is 26.8 Å². The first kappa shape index (κ1) is 32.7. The fraction of sp³-hybridized carbons (Fsp3) is 0.286. The maximum Gasteiger partial charge on any atom is 0.254 e. The number of carbonyl (C=O) groups excluding carboxylic acids is 4. The zero-order valence-corrected chi connectivity index (χ0v) is 30.8. The van der Waals surface area contributed by atoms with Crippen LogP contribution >= 0.6 is 61.7 Å². The number of oxazole rings is 1. The van der Waals surface area contributed by atoms with Gasteiger partial charge in [-0.05, 0) is 95.4 Å². The van der Waals surface area contributed by atoms with Crippen molar-refractivity contribution < 1.29 is 33.4 Å². The van der Waals surface area contributed by atoms with E-state index in [0.29, 0.717) is 42.9 Å². The van der Waals surface area contributed by atoms with E-state index in [1.165, 1.54) is 12.0 Å². The summed E-state index contributed by atoms with van der Waals surface area (Å²) < 4.78 is 11.7. The van der Waals surface area contributed by atoms with E-state index < -0.39 is 51.1 Å². The van der Waals surface area contributed by atoms with Crippen LogP contribution in [0.2, 0.25) is 0 Å². The summed E-state index contributed by atoms with van der Waals surface area (Å²) in [5.74, 6) is -4.93. The number of para-hydroxylation sites is 2. The van der Waals surface area contributed by atoms with Crippen LogP contribution in [0, 0.1) is 21.3 Å². The molecular weight excluding hydrogens is 852 g/mol. The minimum Gasteiger partial charge on any atom is -0.504 e. The number of likely N-dealkylation sites (tertiary alicyclic amines) is 1. The largest absolute Gasteiger partial charge is 0.504 e. The number of methoxy groups -OCH3 is 1. The van der Waals surface area contributed by atoms with E-state index in [1.54, 1.807) is 36.4 Å². The predicted octanol–water partition coefficient (Wildman–Crippen LogP) is 6.73. The molecule has 0 spiro atoms. The number of halogens is 4. The van der Waals surface area contributed by atoms with E-state index in [9.17, 15) is 24.3 Å². The Labute approximate surface area is 311 Å². The second kappa shape index (κ2) is 11.5. The Morgan fingerprint density at radius 1 is 1.04 bits per heavy atom. The van der Waals surface area contributed by atoms with Crippen LogP contribution in [0.25, 0.3) is 22.6 Å². The van der Waals surface area contributed by atoms with Crippen LogP contribution in [-0.2, 0) is 19.2 Å². The number of aromatic nitrogens is 1. The Kier molecular flexibility index (Phi) is 7.71. The van der Waals surface area contributed by atoms with Crippen molar-refractivity contribution in [2.75, 3.05) is 17.5 Å². The number of allylic oxidation sites excluding steroid dienone is 2. The number of carbonyl (C=O) groups is 4. The highest BCUT2D eigenvalue weighted by atomic mass is 127. The van der Waals surface area contributed by atoms with Gasteiger partial charge in [-0.2, -0.15) is 0 Å². The zero-order valence-electron chi connectivity index (χ0n) is 25.5. The van der Waals surface area contributed by atoms with Crippen LogP contribution in [0.15, 0.2) is 76.7 Å². The summed E-state index contributed by atoms with van der Waals surface area (Å²) in [5, 5.41) is 10.6. The number of phenolic OH excluding ortho intramolecular Hbond substituents is 1. The molecule has 250 valence electrons. The summed E-state index contributed by atoms with van der Waals surface area (Å²) in [7, 11) is 1.40. The van der Waals surface area contributed by atoms with Gasteiger partial charge in [0.25, 0.3) is 11.8 Å². The zero-order chi connectivity index (χ0) is 34.6. The maximum atomic E-state index is 14.4. The summed E-state index contributed by atoms with van der Waals surface area (Å²) in [6.07, 6.45) is 1.95. The number of anilines is 1. The number of ether oxygens (including phenoxy) is 1. The molecule has 10 nitrogen and oxygen atoms in total. The molecule has 4 aromatic rings. The number of imide groups is 2. The summed E-state index contributed by atoms with van der Waals surface area (Å²) in [5.41, 5.74) is 3.42. The summed E-state index contributed by atoms with van der Waals surface area (Å²) in [4.78, 5) is 59.2. The van der Waals surface area contributed by atoms with Gasteiger partial charge < -0.3 is 14.3 Å². The third kappa shape index (κ3) is 4.45. The monoisotopic (exact) mass is 875 g/mol. The normalized spacial score (nSPS) is 29.3. The van der Waals surface area contributed by atoms with Gasteiger partial charge in [-0.1, -0.05) is 39.7 Å². The highest BCUT2D eigenvalue weighted by molar-refractivity contribution is 14.1. The molecule has 4 amide bonds. The van der Waals surface area contributed by atoms with Crippen LogP contribution in [0.1, 0.15) is 24.3 Å². The summed E-state index contributed by atoms with van der Waals surface area (Å²) >= 11 is 19.8. The number of hydrogen-bond donors (Lipinski definition) is 1. The minimum absolute atomic E-state index is 0.0945. The molecule has 1 N–H and O–H groups in total. The molecule has 2 aliphatic heterocycles. The Balaban J connectivity index is 1.20. The number of aromatic hydroxyl groups is 1. The molecule has 49 heavy (non-hydrogen) atoms. The number of amides is 4. The molecule has 3 heterocycles. The lowest BCUT2D eigenvalue weighted by Crippen LogP contribution is -2.60. The van der Waals surface area contributed by atoms with E-state index in [0.717, 1.165) is 4.90 Å². The Morgan fingerprint density at radius 3 is 2.47 bits per heavy atom. The van der Waals surface area contributed by atoms with Gasteiger partial charge in [0.1, 0.15) is 5.52 Å². The van der Waals surface area contributed by atoms with Crippen molar-refractivity contribution in [3.63, 3.8) is 0 Å². The lowest BCUT2D eigenvalue weighted by atomic mass is 9.56. The number of rotatable bonds is 5. The van der Waals surface area contributed by atoms with Crippen LogP contribution in [-0.4, -0.2) is 60.9 Å². The van der Waals surface area contributed by atoms with E-state index in [2.05, 4.69) is 20.9 Å². The van der Waals surface area contributed by atoms with Gasteiger partial charge in [-0.15, -0.1) is 23.2 Å². The van der Waals surface area contributed by atoms with E-state index in [1.807, 2.05) is 52.9 Å². The Morgan fingerprint density at radius 2 is 1.78 bits per heavy atom. The number of fused-ring (bicyclic) bond motifs is 5. The fourth-order valence-corrected chi connectivity index (χ4v) is 10.1. The van der Waals surface area contributed by atoms with Crippen LogP contribution in [0.5, 0.6) is 11.5 Å². The first-order valence-corrected chi connectivity index (χ1v) is 18.3. The minimum atomic E-state index is -1.97. The van der Waals surface area contributed by atoms with Crippen molar-refractivity contribution in [2.24, 2.45) is 17.8 Å². The van der Waals surface area contributed by atoms with Crippen molar-refractivity contribution in [3.8, 4) is 23.0 Å². The van der Waals surface area contributed by atoms with Crippen LogP contribution in [0.3, 0.4) is 0 Å². The summed E-state index contributed by atoms with van der Waals surface area (Å²) in [6, 6.07) is 17.5. The molecule has 2 saturated heterocycles. The quantitative estimate of drug-likeness (QED) is 0.0769. The molecule has 14 heteroatoms. The molecule has 3 aromatic carbocycles. The van der Waals surface area contributed by atoms with Crippen LogP contribution < -0.4 is 9.64 Å². The maximum absolute atomic E-state index is 14.4. The smallest absolute Gasteiger partial charge is 0.254 e. The van der Waals surface area contributed by atoms with Gasteiger partial charge in [0.2, 0.25) is 17.7 Å². The van der Waals surface area contributed by atoms with Crippen LogP contribution in [0.4, 0.5) is 5.69 Å². The fourth-order valence-electron chi connectivity index (χ4n) is 8.05. The second-order valence-electron chi connectivity index (χ2n) is 12.6. The average Bonchev–Trinajstić information content (AvgIpc) is 3.69. The van der Waals surface area contributed by atoms with Crippen molar-refractivity contribution in [1.29, 1.82) is 0 Å². The molecule has 3 fully saturated rings. The molecule has 0 bridgehead atoms. The SMILES string of the molecule is COc1cc([C@H]2C3=CC[C@@H]4C(=O)N(c5ccc(-c6nc7ccccc7o6)cc5)C(=O)[C@@H]4[C@@H]3C[C@@]3(Cl)C(=O)N(CBr)C(=O)[C@@]23Cl)cc(I)c1O. The number of phenols is 1. The van der Waals surface area contributed by atoms with E-state index in [4.69, 9.17) is 32.4 Å². The van der Waals surface area contributed by atoms with Crippen molar-refractivity contribution >= 4 is 102 Å². The molecule has 4 aliphatic rings. The number of hydrogen-bond acceptors (Lipinski definition) is 8. The third-order valence-corrected chi connectivity index (χ3v) is 13.0. The van der Waals surface area contributed by atoms with E-state index >= 15 is 0 Å². The van der Waals surface area contributed by atoms with Gasteiger partial charge in [0, 0.05) is 11.5 Å². The number of alkyl halides is 3. The van der Waals surface area contributed by atoms with Gasteiger partial charge >= 0.3 is 0 Å². The standard InChI is InChI=1S/C35H25BrCl2IN3O7/c1-48-25-13-17(12-22(39)28(25)43)27-19-10-11-20-26(21(19)14-34(37)32(46)41(15-36)33(47)35(27,34)38)31(45)42(30(20)44)18-8-6-16(7-9-18)29-40-23-4-2-3-5-24(23)49-29/h2-10,12-13,20-21,26-27,43H,11,14-15H2,1H3/t20-,21+,26-,27-,34+,35-/m0/s1. The average molecular weight is 877 g/mol. The summed E-state index contributed by atoms with van der Waals surface area (Å²) in [6.45, 7) is 0. The highest BCUT2D eigenvalue weighted by Gasteiger charge is 2.76. The molecule has 0 radical (unpaired) electrons. The molecule has 6 atom stereocenters. The molecule has 1 saturated carbocycles. The number of nitrogens with zero attached hydrogens (tertiary/aromatic N) is 3. The molecule has 2 aliphatic carbocycles. The first-order valence-electron chi connectivity index (χ1n) is 15.3. The van der Waals surface area contributed by atoms with Gasteiger partial charge in [-0.3, -0.25) is 29.0 Å². The second-order valence-corrected chi connectivity index (χ2v) is 15.5. The Hall–Kier alpha value is -3.46. The lowest BCUT2D eigenvalue weighted by Gasteiger charge is -2.50. The molecular formula is C35H25BrCl2IN3O7. The van der Waals surface area contributed by atoms with Crippen molar-refractivity contribution in [3.05, 3.63) is 81.4 Å². The molecule has 1 aromatic heterocycles. The van der Waals surface area contributed by atoms with E-state index in [-0.39, 0.29) is 35.7 Å². The first-order chi connectivity index (χ1) is 23.4. The Bertz CT molecular complexity index is 2130.